The Kier molecular flexibility index (Phi) is 21.1. The molecule has 1 N–H and O–H groups in total. The molecular formula is C48H73Cl2N3O11S. The van der Waals surface area contributed by atoms with Gasteiger partial charge in [-0.1, -0.05) is 50.9 Å². The number of hydrogen-bond donors (Lipinski definition) is 1. The Morgan fingerprint density at radius 1 is 0.954 bits per heavy atom. The van der Waals surface area contributed by atoms with Crippen molar-refractivity contribution < 1.29 is 52.3 Å². The second kappa shape index (κ2) is 25.0. The molecule has 2 aliphatic heterocycles. The fourth-order valence-electron chi connectivity index (χ4n) is 9.26. The van der Waals surface area contributed by atoms with E-state index in [0.29, 0.717) is 59.0 Å². The summed E-state index contributed by atoms with van der Waals surface area (Å²) in [6.07, 6.45) is 2.68. The summed E-state index contributed by atoms with van der Waals surface area (Å²) in [5.41, 5.74) is -0.848. The Balaban J connectivity index is 1.62. The molecule has 1 unspecified atom stereocenters. The van der Waals surface area contributed by atoms with Gasteiger partial charge in [0, 0.05) is 92.4 Å². The molecule has 0 spiro atoms. The molecule has 4 rings (SSSR count). The SMILES string of the molecule is CC[C@H]1OC(=O)[C@H](C)C(=O)[C@H](C)[C@@H](OC2C[C@@H](N(C)C)C[C@@H](C)O2)[C@](C)(OC)C[C@@H](C)C(=O)[C@H](C)[C@@H](CSCCOc2cc(NCc3c(Cl)cncc3Cl)ccc2OC)[C@]1(C)OCOC. The number of nitrogens with zero attached hydrogens (tertiary/aromatic N) is 2. The molecule has 1 aromatic heterocycles. The number of halogens is 2. The summed E-state index contributed by atoms with van der Waals surface area (Å²) in [5.74, 6) is -2.56. The third kappa shape index (κ3) is 13.9. The van der Waals surface area contributed by atoms with Crippen LogP contribution in [0.3, 0.4) is 0 Å². The maximum atomic E-state index is 14.9. The molecule has 2 aliphatic rings. The number of thioether (sulfide) groups is 1. The van der Waals surface area contributed by atoms with Gasteiger partial charge in [-0.3, -0.25) is 19.4 Å². The fraction of sp³-hybridized carbons (Fsp3) is 0.708. The molecule has 65 heavy (non-hydrogen) atoms. The van der Waals surface area contributed by atoms with E-state index in [9.17, 15) is 14.4 Å². The largest absolute Gasteiger partial charge is 0.493 e. The summed E-state index contributed by atoms with van der Waals surface area (Å²) in [6.45, 7) is 15.4. The lowest BCUT2D eigenvalue weighted by molar-refractivity contribution is -0.262. The van der Waals surface area contributed by atoms with E-state index in [1.54, 1.807) is 52.2 Å². The van der Waals surface area contributed by atoms with Crippen molar-refractivity contribution in [3.8, 4) is 11.5 Å². The first kappa shape index (κ1) is 54.9. The van der Waals surface area contributed by atoms with Gasteiger partial charge in [0.25, 0.3) is 0 Å². The van der Waals surface area contributed by atoms with E-state index in [2.05, 4.69) is 15.2 Å². The van der Waals surface area contributed by atoms with Crippen molar-refractivity contribution in [3.63, 3.8) is 0 Å². The number of ketones is 2. The van der Waals surface area contributed by atoms with Crippen molar-refractivity contribution in [2.24, 2.45) is 29.6 Å². The Morgan fingerprint density at radius 3 is 2.26 bits per heavy atom. The number of benzene rings is 1. The summed E-state index contributed by atoms with van der Waals surface area (Å²) in [4.78, 5) is 49.7. The number of Topliss-reactive ketones (excluding diaryl/α,β-unsaturated/α-hetero) is 2. The molecule has 0 amide bonds. The molecular weight excluding hydrogens is 898 g/mol. The molecule has 366 valence electrons. The monoisotopic (exact) mass is 969 g/mol. The second-order valence-corrected chi connectivity index (χ2v) is 20.1. The van der Waals surface area contributed by atoms with E-state index >= 15 is 0 Å². The predicted molar refractivity (Wildman–Crippen MR) is 255 cm³/mol. The van der Waals surface area contributed by atoms with Crippen LogP contribution in [0, 0.1) is 29.6 Å². The summed E-state index contributed by atoms with van der Waals surface area (Å²) in [5, 5.41) is 4.26. The lowest BCUT2D eigenvalue weighted by atomic mass is 9.71. The van der Waals surface area contributed by atoms with Crippen molar-refractivity contribution in [3.05, 3.63) is 46.2 Å². The van der Waals surface area contributed by atoms with Crippen LogP contribution in [0.25, 0.3) is 0 Å². The topological polar surface area (TPSA) is 153 Å². The third-order valence-electron chi connectivity index (χ3n) is 13.3. The standard InChI is InChI=1S/C48H73Cl2N3O11S/c1-14-41-48(8,61-27-57-11)36(26-65-18-17-60-40-20-33(15-16-39(40)58-12)52-23-35-37(49)24-51-25-38(35)50)30(4)43(54)28(2)22-47(7,59-13)45(31(5)44(55)32(6)46(56)63-41)64-42-21-34(53(9)10)19-29(3)62-42/h15-16,20,24-25,28-32,34,36,41-42,45,52H,14,17-19,21-23,26-27H2,1-13H3/t28-,29-,30-,31+,32-,34+,36-,41-,42?,45-,47-,48+/m1/s1. The van der Waals surface area contributed by atoms with Crippen LogP contribution >= 0.6 is 35.0 Å². The van der Waals surface area contributed by atoms with Gasteiger partial charge in [0.1, 0.15) is 30.2 Å². The van der Waals surface area contributed by atoms with Gasteiger partial charge < -0.3 is 48.1 Å². The Morgan fingerprint density at radius 2 is 1.65 bits per heavy atom. The third-order valence-corrected chi connectivity index (χ3v) is 15.0. The molecule has 0 bridgehead atoms. The van der Waals surface area contributed by atoms with E-state index in [4.69, 9.17) is 61.1 Å². The number of hydrogen-bond acceptors (Lipinski definition) is 15. The van der Waals surface area contributed by atoms with E-state index in [1.165, 1.54) is 7.11 Å². The molecule has 0 saturated carbocycles. The first-order valence-electron chi connectivity index (χ1n) is 22.6. The quantitative estimate of drug-likeness (QED) is 0.0655. The number of carbonyl (C=O) groups is 3. The molecule has 2 aromatic rings. The van der Waals surface area contributed by atoms with Crippen LogP contribution in [0.2, 0.25) is 10.0 Å². The van der Waals surface area contributed by atoms with Crippen molar-refractivity contribution in [2.75, 3.05) is 65.6 Å². The van der Waals surface area contributed by atoms with Crippen molar-refractivity contribution in [2.45, 2.75) is 129 Å². The average molecular weight is 971 g/mol. The highest BCUT2D eigenvalue weighted by atomic mass is 35.5. The van der Waals surface area contributed by atoms with Gasteiger partial charge in [-0.15, -0.1) is 0 Å². The van der Waals surface area contributed by atoms with Crippen LogP contribution in [-0.2, 0) is 49.3 Å². The predicted octanol–water partition coefficient (Wildman–Crippen LogP) is 8.77. The molecule has 2 saturated heterocycles. The van der Waals surface area contributed by atoms with Gasteiger partial charge >= 0.3 is 5.97 Å². The number of esters is 1. The number of nitrogens with one attached hydrogen (secondary N) is 1. The van der Waals surface area contributed by atoms with Crippen LogP contribution < -0.4 is 14.8 Å². The van der Waals surface area contributed by atoms with Gasteiger partial charge in [0.05, 0.1) is 41.6 Å². The van der Waals surface area contributed by atoms with Gasteiger partial charge in [-0.2, -0.15) is 11.8 Å². The number of rotatable bonds is 18. The van der Waals surface area contributed by atoms with Crippen molar-refractivity contribution in [1.82, 2.24) is 9.88 Å². The summed E-state index contributed by atoms with van der Waals surface area (Å²) in [7, 11) is 8.73. The molecule has 1 aromatic carbocycles. The highest BCUT2D eigenvalue weighted by Gasteiger charge is 2.52. The first-order chi connectivity index (χ1) is 30.7. The average Bonchev–Trinajstić information content (AvgIpc) is 3.28. The Bertz CT molecular complexity index is 1860. The molecule has 2 fully saturated rings. The number of anilines is 1. The van der Waals surface area contributed by atoms with E-state index < -0.39 is 65.3 Å². The van der Waals surface area contributed by atoms with Crippen LogP contribution in [-0.4, -0.2) is 130 Å². The minimum Gasteiger partial charge on any atom is -0.493 e. The number of carbonyl (C=O) groups excluding carboxylic acids is 3. The molecule has 17 heteroatoms. The highest BCUT2D eigenvalue weighted by Crippen LogP contribution is 2.42. The Labute approximate surface area is 401 Å². The maximum Gasteiger partial charge on any atom is 0.316 e. The van der Waals surface area contributed by atoms with E-state index in [1.807, 2.05) is 73.8 Å². The van der Waals surface area contributed by atoms with Crippen LogP contribution in [0.1, 0.15) is 86.6 Å². The van der Waals surface area contributed by atoms with Gasteiger partial charge in [-0.05, 0) is 78.9 Å². The number of methoxy groups -OCH3 is 3. The smallest absolute Gasteiger partial charge is 0.316 e. The minimum atomic E-state index is -1.21. The van der Waals surface area contributed by atoms with E-state index in [0.717, 1.165) is 17.7 Å². The van der Waals surface area contributed by atoms with Gasteiger partial charge in [0.15, 0.2) is 23.6 Å². The van der Waals surface area contributed by atoms with E-state index in [-0.39, 0.29) is 36.9 Å². The summed E-state index contributed by atoms with van der Waals surface area (Å²) in [6, 6.07) is 5.73. The zero-order valence-electron chi connectivity index (χ0n) is 40.6. The number of cyclic esters (lactones) is 1. The van der Waals surface area contributed by atoms with Gasteiger partial charge in [-0.25, -0.2) is 0 Å². The molecule has 0 radical (unpaired) electrons. The highest BCUT2D eigenvalue weighted by molar-refractivity contribution is 7.99. The number of pyridine rings is 1. The van der Waals surface area contributed by atoms with Crippen LogP contribution in [0.5, 0.6) is 11.5 Å². The molecule has 14 nitrogen and oxygen atoms in total. The molecule has 12 atom stereocenters. The Hall–Kier alpha value is -2.73. The van der Waals surface area contributed by atoms with Crippen LogP contribution in [0.15, 0.2) is 30.6 Å². The molecule has 0 aliphatic carbocycles. The van der Waals surface area contributed by atoms with Crippen LogP contribution in [0.4, 0.5) is 5.69 Å². The van der Waals surface area contributed by atoms with Crippen molar-refractivity contribution >= 4 is 58.2 Å². The fourth-order valence-corrected chi connectivity index (χ4v) is 11.0. The van der Waals surface area contributed by atoms with Gasteiger partial charge in [0.2, 0.25) is 0 Å². The second-order valence-electron chi connectivity index (χ2n) is 18.1. The normalized spacial score (nSPS) is 31.9. The lowest BCUT2D eigenvalue weighted by Crippen LogP contribution is -2.57. The lowest BCUT2D eigenvalue weighted by Gasteiger charge is -2.47. The zero-order chi connectivity index (χ0) is 48.2. The van der Waals surface area contributed by atoms with Crippen molar-refractivity contribution in [1.29, 1.82) is 0 Å². The first-order valence-corrected chi connectivity index (χ1v) is 24.5. The molecule has 3 heterocycles. The zero-order valence-corrected chi connectivity index (χ0v) is 42.9. The summed E-state index contributed by atoms with van der Waals surface area (Å²) >= 11 is 14.3. The number of ether oxygens (including phenoxy) is 8. The minimum absolute atomic E-state index is 0.0229. The summed E-state index contributed by atoms with van der Waals surface area (Å²) < 4.78 is 49.6. The maximum absolute atomic E-state index is 14.9. The number of aromatic nitrogens is 1.